The number of nitrogens with one attached hydrogen (secondary N) is 1. The molecule has 0 aliphatic heterocycles. The molecule has 1 aromatic rings. The van der Waals surface area contributed by atoms with Gasteiger partial charge in [0, 0.05) is 12.1 Å². The summed E-state index contributed by atoms with van der Waals surface area (Å²) < 4.78 is 12.9. The summed E-state index contributed by atoms with van der Waals surface area (Å²) in [6.45, 7) is 0.648. The number of hydrogen-bond acceptors (Lipinski definition) is 2. The highest BCUT2D eigenvalue weighted by atomic mass is 19.1. The van der Waals surface area contributed by atoms with Crippen molar-refractivity contribution >= 4 is 5.84 Å². The molecule has 14 heavy (non-hydrogen) atoms. The van der Waals surface area contributed by atoms with E-state index in [0.717, 1.165) is 5.56 Å². The zero-order valence-corrected chi connectivity index (χ0v) is 8.34. The van der Waals surface area contributed by atoms with Crippen molar-refractivity contribution in [3.63, 3.8) is 0 Å². The minimum absolute atomic E-state index is 0.0960. The van der Waals surface area contributed by atoms with Crippen molar-refractivity contribution in [3.8, 4) is 0 Å². The third-order valence-electron chi connectivity index (χ3n) is 1.85. The molecule has 3 N–H and O–H groups in total. The molecule has 0 aliphatic rings. The Hall–Kier alpha value is -1.42. The number of hydrogen-bond donors (Lipinski definition) is 2. The monoisotopic (exact) mass is 195 g/mol. The van der Waals surface area contributed by atoms with Crippen LogP contribution in [0, 0.1) is 11.2 Å². The Morgan fingerprint density at radius 1 is 1.50 bits per heavy atom. The molecule has 0 aromatic heterocycles. The molecular formula is C10H14FN3. The van der Waals surface area contributed by atoms with E-state index in [9.17, 15) is 4.39 Å². The fourth-order valence-electron chi connectivity index (χ4n) is 1.28. The molecule has 0 amide bonds. The summed E-state index contributed by atoms with van der Waals surface area (Å²) >= 11 is 0. The second-order valence-corrected chi connectivity index (χ2v) is 3.45. The average molecular weight is 195 g/mol. The van der Waals surface area contributed by atoms with Crippen LogP contribution < -0.4 is 5.73 Å². The number of benzene rings is 1. The van der Waals surface area contributed by atoms with Crippen molar-refractivity contribution in [1.29, 1.82) is 5.41 Å². The van der Waals surface area contributed by atoms with Crippen molar-refractivity contribution in [2.24, 2.45) is 5.73 Å². The summed E-state index contributed by atoms with van der Waals surface area (Å²) in [5.41, 5.74) is 6.69. The molecule has 0 saturated carbocycles. The highest BCUT2D eigenvalue weighted by molar-refractivity contribution is 5.96. The first kappa shape index (κ1) is 10.7. The van der Waals surface area contributed by atoms with Crippen LogP contribution in [0.3, 0.4) is 0 Å². The van der Waals surface area contributed by atoms with E-state index in [1.807, 2.05) is 19.0 Å². The van der Waals surface area contributed by atoms with Gasteiger partial charge in [-0.2, -0.15) is 0 Å². The third kappa shape index (κ3) is 2.53. The molecule has 0 spiro atoms. The Labute approximate surface area is 82.8 Å². The van der Waals surface area contributed by atoms with E-state index in [-0.39, 0.29) is 11.7 Å². The van der Waals surface area contributed by atoms with Gasteiger partial charge in [0.2, 0.25) is 0 Å². The Kier molecular flexibility index (Phi) is 3.19. The van der Waals surface area contributed by atoms with Crippen LogP contribution in [0.1, 0.15) is 11.1 Å². The van der Waals surface area contributed by atoms with Gasteiger partial charge in [-0.25, -0.2) is 4.39 Å². The normalized spacial score (nSPS) is 10.6. The lowest BCUT2D eigenvalue weighted by Gasteiger charge is -2.13. The molecule has 1 rings (SSSR count). The van der Waals surface area contributed by atoms with Gasteiger partial charge in [-0.15, -0.1) is 0 Å². The van der Waals surface area contributed by atoms with Gasteiger partial charge in [-0.05, 0) is 31.8 Å². The van der Waals surface area contributed by atoms with Crippen molar-refractivity contribution in [3.05, 3.63) is 35.1 Å². The van der Waals surface area contributed by atoms with Gasteiger partial charge in [0.05, 0.1) is 0 Å². The standard InChI is InChI=1S/C10H14FN3/c1-14(2)6-7-3-4-8(11)5-9(7)10(12)13/h3-5H,6H2,1-2H3,(H3,12,13). The Bertz CT molecular complexity index is 347. The molecule has 76 valence electrons. The number of nitrogens with two attached hydrogens (primary N) is 1. The van der Waals surface area contributed by atoms with Crippen molar-refractivity contribution in [2.75, 3.05) is 14.1 Å². The molecule has 0 radical (unpaired) electrons. The molecule has 0 unspecified atom stereocenters. The van der Waals surface area contributed by atoms with E-state index in [2.05, 4.69) is 0 Å². The molecule has 3 nitrogen and oxygen atoms in total. The van der Waals surface area contributed by atoms with Crippen LogP contribution in [0.15, 0.2) is 18.2 Å². The van der Waals surface area contributed by atoms with E-state index in [1.54, 1.807) is 6.07 Å². The second kappa shape index (κ2) is 4.19. The van der Waals surface area contributed by atoms with Crippen LogP contribution in [0.25, 0.3) is 0 Å². The smallest absolute Gasteiger partial charge is 0.123 e. The summed E-state index contributed by atoms with van der Waals surface area (Å²) in [6.07, 6.45) is 0. The summed E-state index contributed by atoms with van der Waals surface area (Å²) in [7, 11) is 3.82. The fraction of sp³-hybridized carbons (Fsp3) is 0.300. The quantitative estimate of drug-likeness (QED) is 0.562. The van der Waals surface area contributed by atoms with E-state index in [0.29, 0.717) is 12.1 Å². The maximum Gasteiger partial charge on any atom is 0.123 e. The first-order valence-corrected chi connectivity index (χ1v) is 4.28. The minimum Gasteiger partial charge on any atom is -0.384 e. The van der Waals surface area contributed by atoms with Gasteiger partial charge in [0.15, 0.2) is 0 Å². The lowest BCUT2D eigenvalue weighted by molar-refractivity contribution is 0.402. The highest BCUT2D eigenvalue weighted by Crippen LogP contribution is 2.12. The molecule has 0 bridgehead atoms. The Morgan fingerprint density at radius 2 is 2.14 bits per heavy atom. The molecule has 0 fully saturated rings. The van der Waals surface area contributed by atoms with Gasteiger partial charge in [-0.1, -0.05) is 6.07 Å². The number of amidine groups is 1. The molecule has 0 aliphatic carbocycles. The summed E-state index contributed by atoms with van der Waals surface area (Å²) in [5.74, 6) is -0.459. The van der Waals surface area contributed by atoms with E-state index < -0.39 is 0 Å². The summed E-state index contributed by atoms with van der Waals surface area (Å²) in [6, 6.07) is 4.33. The summed E-state index contributed by atoms with van der Waals surface area (Å²) in [4.78, 5) is 1.94. The van der Waals surface area contributed by atoms with Crippen LogP contribution in [0.4, 0.5) is 4.39 Å². The first-order valence-electron chi connectivity index (χ1n) is 4.28. The van der Waals surface area contributed by atoms with Crippen LogP contribution >= 0.6 is 0 Å². The van der Waals surface area contributed by atoms with Gasteiger partial charge >= 0.3 is 0 Å². The zero-order chi connectivity index (χ0) is 10.7. The summed E-state index contributed by atoms with van der Waals surface area (Å²) in [5, 5.41) is 7.31. The number of nitrogens with zero attached hydrogens (tertiary/aromatic N) is 1. The largest absolute Gasteiger partial charge is 0.384 e. The van der Waals surface area contributed by atoms with Crippen molar-refractivity contribution < 1.29 is 4.39 Å². The average Bonchev–Trinajstić information content (AvgIpc) is 2.07. The van der Waals surface area contributed by atoms with Crippen LogP contribution in [-0.4, -0.2) is 24.8 Å². The maximum atomic E-state index is 12.9. The van der Waals surface area contributed by atoms with Gasteiger partial charge in [0.25, 0.3) is 0 Å². The fourth-order valence-corrected chi connectivity index (χ4v) is 1.28. The predicted octanol–water partition coefficient (Wildman–Crippen LogP) is 1.17. The second-order valence-electron chi connectivity index (χ2n) is 3.45. The zero-order valence-electron chi connectivity index (χ0n) is 8.34. The molecule has 1 aromatic carbocycles. The molecule has 4 heteroatoms. The molecule has 0 saturated heterocycles. The number of nitrogen functional groups attached to an aromatic ring is 1. The van der Waals surface area contributed by atoms with E-state index >= 15 is 0 Å². The van der Waals surface area contributed by atoms with Crippen LogP contribution in [0.2, 0.25) is 0 Å². The molecule has 0 heterocycles. The van der Waals surface area contributed by atoms with E-state index in [4.69, 9.17) is 11.1 Å². The number of halogens is 1. The van der Waals surface area contributed by atoms with Crippen LogP contribution in [0.5, 0.6) is 0 Å². The Morgan fingerprint density at radius 3 is 2.64 bits per heavy atom. The topological polar surface area (TPSA) is 53.1 Å². The van der Waals surface area contributed by atoms with Crippen LogP contribution in [-0.2, 0) is 6.54 Å². The van der Waals surface area contributed by atoms with Gasteiger partial charge < -0.3 is 10.6 Å². The van der Waals surface area contributed by atoms with Crippen molar-refractivity contribution in [1.82, 2.24) is 4.90 Å². The third-order valence-corrected chi connectivity index (χ3v) is 1.85. The SMILES string of the molecule is CN(C)Cc1ccc(F)cc1C(=N)N. The predicted molar refractivity (Wildman–Crippen MR) is 54.8 cm³/mol. The molecule has 0 atom stereocenters. The minimum atomic E-state index is -0.363. The number of rotatable bonds is 3. The van der Waals surface area contributed by atoms with Crippen molar-refractivity contribution in [2.45, 2.75) is 6.54 Å². The lowest BCUT2D eigenvalue weighted by atomic mass is 10.1. The van der Waals surface area contributed by atoms with Gasteiger partial charge in [-0.3, -0.25) is 5.41 Å². The van der Waals surface area contributed by atoms with Gasteiger partial charge in [0.1, 0.15) is 11.7 Å². The van der Waals surface area contributed by atoms with E-state index in [1.165, 1.54) is 12.1 Å². The lowest BCUT2D eigenvalue weighted by Crippen LogP contribution is -2.18. The maximum absolute atomic E-state index is 12.9. The Balaban J connectivity index is 3.08. The molecular weight excluding hydrogens is 181 g/mol. The first-order chi connectivity index (χ1) is 6.50. The highest BCUT2D eigenvalue weighted by Gasteiger charge is 2.07.